The monoisotopic (exact) mass is 561 g/mol. The van der Waals surface area contributed by atoms with Crippen molar-refractivity contribution in [3.05, 3.63) is 99.0 Å². The van der Waals surface area contributed by atoms with E-state index in [-0.39, 0.29) is 12.5 Å². The second kappa shape index (κ2) is 12.3. The van der Waals surface area contributed by atoms with Crippen LogP contribution in [0.3, 0.4) is 0 Å². The normalized spacial score (nSPS) is 14.4. The van der Waals surface area contributed by atoms with Gasteiger partial charge in [0.1, 0.15) is 0 Å². The van der Waals surface area contributed by atoms with E-state index in [0.29, 0.717) is 33.4 Å². The Labute approximate surface area is 228 Å². The summed E-state index contributed by atoms with van der Waals surface area (Å²) in [5.74, 6) is -0.203. The van der Waals surface area contributed by atoms with Gasteiger partial charge in [-0.1, -0.05) is 59.6 Å². The van der Waals surface area contributed by atoms with Gasteiger partial charge < -0.3 is 10.1 Å². The number of ether oxygens (including phenoxy) is 1. The fourth-order valence-corrected chi connectivity index (χ4v) is 5.46. The predicted octanol–water partition coefficient (Wildman–Crippen LogP) is 4.72. The molecular weight excluding hydrogens is 533 g/mol. The van der Waals surface area contributed by atoms with Crippen molar-refractivity contribution in [1.29, 1.82) is 0 Å². The van der Waals surface area contributed by atoms with Crippen LogP contribution in [-0.4, -0.2) is 51.8 Å². The molecule has 0 aromatic heterocycles. The standard InChI is InChI=1S/C27H29Cl2N3O4S/c1-37(34,35)32(26-15-24(28)14-25(29)16-26)19-22-6-8-23(9-7-22)27(33)30-17-20-2-4-21(5-3-20)18-31-10-12-36-13-11-31/h2-9,14-16H,10-13,17-19H2,1H3,(H,30,33). The quantitative estimate of drug-likeness (QED) is 0.409. The molecule has 0 radical (unpaired) electrons. The summed E-state index contributed by atoms with van der Waals surface area (Å²) in [5.41, 5.74) is 3.83. The summed E-state index contributed by atoms with van der Waals surface area (Å²) >= 11 is 12.1. The maximum Gasteiger partial charge on any atom is 0.251 e. The van der Waals surface area contributed by atoms with E-state index in [1.54, 1.807) is 42.5 Å². The average Bonchev–Trinajstić information content (AvgIpc) is 2.86. The molecule has 1 N–H and O–H groups in total. The molecule has 0 bridgehead atoms. The van der Waals surface area contributed by atoms with E-state index in [1.165, 1.54) is 9.87 Å². The lowest BCUT2D eigenvalue weighted by Gasteiger charge is -2.26. The molecule has 0 aliphatic carbocycles. The third-order valence-electron chi connectivity index (χ3n) is 6.06. The zero-order valence-corrected chi connectivity index (χ0v) is 22.8. The molecule has 7 nitrogen and oxygen atoms in total. The first-order valence-corrected chi connectivity index (χ1v) is 14.5. The van der Waals surface area contributed by atoms with Crippen LogP contribution in [0.25, 0.3) is 0 Å². The molecule has 1 amide bonds. The fourth-order valence-electron chi connectivity index (χ4n) is 4.08. The summed E-state index contributed by atoms with van der Waals surface area (Å²) in [6.07, 6.45) is 1.12. The molecular formula is C27H29Cl2N3O4S. The van der Waals surface area contributed by atoms with E-state index in [4.69, 9.17) is 27.9 Å². The Morgan fingerprint density at radius 1 is 0.919 bits per heavy atom. The van der Waals surface area contributed by atoms with Gasteiger partial charge in [-0.2, -0.15) is 0 Å². The molecule has 3 aromatic carbocycles. The van der Waals surface area contributed by atoms with Crippen LogP contribution in [0.2, 0.25) is 10.0 Å². The molecule has 0 saturated carbocycles. The minimum Gasteiger partial charge on any atom is -0.379 e. The fraction of sp³-hybridized carbons (Fsp3) is 0.296. The average molecular weight is 563 g/mol. The number of amides is 1. The van der Waals surface area contributed by atoms with Crippen LogP contribution in [0, 0.1) is 0 Å². The summed E-state index contributed by atoms with van der Waals surface area (Å²) < 4.78 is 31.5. The van der Waals surface area contributed by atoms with Gasteiger partial charge in [-0.25, -0.2) is 8.42 Å². The van der Waals surface area contributed by atoms with Crippen LogP contribution in [-0.2, 0) is 34.4 Å². The van der Waals surface area contributed by atoms with E-state index < -0.39 is 10.0 Å². The van der Waals surface area contributed by atoms with Crippen molar-refractivity contribution in [1.82, 2.24) is 10.2 Å². The number of carbonyl (C=O) groups is 1. The molecule has 1 fully saturated rings. The van der Waals surface area contributed by atoms with Crippen LogP contribution in [0.5, 0.6) is 0 Å². The highest BCUT2D eigenvalue weighted by molar-refractivity contribution is 7.92. The molecule has 3 aromatic rings. The van der Waals surface area contributed by atoms with E-state index in [0.717, 1.165) is 44.7 Å². The lowest BCUT2D eigenvalue weighted by molar-refractivity contribution is 0.0342. The Balaban J connectivity index is 1.34. The summed E-state index contributed by atoms with van der Waals surface area (Å²) in [7, 11) is -3.60. The number of sulfonamides is 1. The highest BCUT2D eigenvalue weighted by Gasteiger charge is 2.19. The Kier molecular flexibility index (Phi) is 9.10. The highest BCUT2D eigenvalue weighted by atomic mass is 35.5. The molecule has 1 aliphatic heterocycles. The van der Waals surface area contributed by atoms with Crippen molar-refractivity contribution in [2.24, 2.45) is 0 Å². The first-order chi connectivity index (χ1) is 17.7. The largest absolute Gasteiger partial charge is 0.379 e. The minimum atomic E-state index is -3.60. The number of hydrogen-bond donors (Lipinski definition) is 1. The Hall–Kier alpha value is -2.62. The topological polar surface area (TPSA) is 79.0 Å². The third-order valence-corrected chi connectivity index (χ3v) is 7.64. The first kappa shape index (κ1) is 27.4. The molecule has 4 rings (SSSR count). The van der Waals surface area contributed by atoms with Crippen LogP contribution in [0.15, 0.2) is 66.7 Å². The number of nitrogens with zero attached hydrogens (tertiary/aromatic N) is 2. The zero-order chi connectivity index (χ0) is 26.4. The molecule has 0 atom stereocenters. The molecule has 1 saturated heterocycles. The van der Waals surface area contributed by atoms with Crippen LogP contribution < -0.4 is 9.62 Å². The SMILES string of the molecule is CS(=O)(=O)N(Cc1ccc(C(=O)NCc2ccc(CN3CCOCC3)cc2)cc1)c1cc(Cl)cc(Cl)c1. The summed E-state index contributed by atoms with van der Waals surface area (Å²) in [4.78, 5) is 15.0. The van der Waals surface area contributed by atoms with Gasteiger partial charge in [0.15, 0.2) is 0 Å². The van der Waals surface area contributed by atoms with Crippen molar-refractivity contribution < 1.29 is 17.9 Å². The number of benzene rings is 3. The Bertz CT molecular complexity index is 1310. The number of carbonyl (C=O) groups excluding carboxylic acids is 1. The maximum absolute atomic E-state index is 12.7. The van der Waals surface area contributed by atoms with Crippen LogP contribution in [0.4, 0.5) is 5.69 Å². The van der Waals surface area contributed by atoms with Crippen LogP contribution in [0.1, 0.15) is 27.0 Å². The predicted molar refractivity (Wildman–Crippen MR) is 148 cm³/mol. The number of halogens is 2. The maximum atomic E-state index is 12.7. The lowest BCUT2D eigenvalue weighted by atomic mass is 10.1. The summed E-state index contributed by atoms with van der Waals surface area (Å²) in [6.45, 7) is 4.82. The Morgan fingerprint density at radius 2 is 1.49 bits per heavy atom. The lowest BCUT2D eigenvalue weighted by Crippen LogP contribution is -2.35. The second-order valence-corrected chi connectivity index (χ2v) is 11.8. The van der Waals surface area contributed by atoms with Gasteiger partial charge in [0.2, 0.25) is 10.0 Å². The van der Waals surface area contributed by atoms with E-state index in [9.17, 15) is 13.2 Å². The number of rotatable bonds is 9. The number of anilines is 1. The van der Waals surface area contributed by atoms with Gasteiger partial charge in [0, 0.05) is 41.8 Å². The Morgan fingerprint density at radius 3 is 2.08 bits per heavy atom. The van der Waals surface area contributed by atoms with Crippen molar-refractivity contribution in [3.63, 3.8) is 0 Å². The summed E-state index contributed by atoms with van der Waals surface area (Å²) in [5, 5.41) is 3.62. The van der Waals surface area contributed by atoms with Crippen molar-refractivity contribution >= 4 is 44.8 Å². The molecule has 37 heavy (non-hydrogen) atoms. The molecule has 0 unspecified atom stereocenters. The second-order valence-electron chi connectivity index (χ2n) is 8.98. The van der Waals surface area contributed by atoms with Gasteiger partial charge in [-0.15, -0.1) is 0 Å². The number of morpholine rings is 1. The van der Waals surface area contributed by atoms with Gasteiger partial charge in [0.25, 0.3) is 5.91 Å². The molecule has 196 valence electrons. The minimum absolute atomic E-state index is 0.0776. The molecule has 0 spiro atoms. The van der Waals surface area contributed by atoms with Crippen molar-refractivity contribution in [2.75, 3.05) is 36.9 Å². The first-order valence-electron chi connectivity index (χ1n) is 11.9. The van der Waals surface area contributed by atoms with Crippen molar-refractivity contribution in [3.8, 4) is 0 Å². The highest BCUT2D eigenvalue weighted by Crippen LogP contribution is 2.28. The van der Waals surface area contributed by atoms with E-state index in [2.05, 4.69) is 22.3 Å². The third kappa shape index (κ3) is 7.93. The molecule has 1 aliphatic rings. The van der Waals surface area contributed by atoms with Gasteiger partial charge in [-0.05, 0) is 47.0 Å². The van der Waals surface area contributed by atoms with Gasteiger partial charge in [-0.3, -0.25) is 14.0 Å². The molecule has 1 heterocycles. The number of nitrogens with one attached hydrogen (secondary N) is 1. The smallest absolute Gasteiger partial charge is 0.251 e. The van der Waals surface area contributed by atoms with Gasteiger partial charge in [0.05, 0.1) is 31.7 Å². The molecule has 10 heteroatoms. The number of hydrogen-bond acceptors (Lipinski definition) is 5. The van der Waals surface area contributed by atoms with Crippen molar-refractivity contribution in [2.45, 2.75) is 19.6 Å². The van der Waals surface area contributed by atoms with Crippen LogP contribution >= 0.6 is 23.2 Å². The van der Waals surface area contributed by atoms with Gasteiger partial charge >= 0.3 is 0 Å². The zero-order valence-electron chi connectivity index (χ0n) is 20.5. The summed E-state index contributed by atoms with van der Waals surface area (Å²) in [6, 6.07) is 19.7. The van der Waals surface area contributed by atoms with E-state index >= 15 is 0 Å². The van der Waals surface area contributed by atoms with E-state index in [1.807, 2.05) is 12.1 Å².